The van der Waals surface area contributed by atoms with Crippen molar-refractivity contribution >= 4 is 22.8 Å². The zero-order valence-electron chi connectivity index (χ0n) is 14.9. The maximum Gasteiger partial charge on any atom is 0.317 e. The van der Waals surface area contributed by atoms with Crippen molar-refractivity contribution in [1.82, 2.24) is 10.2 Å². The number of carboxylic acid groups (broad SMARTS) is 1. The topological polar surface area (TPSA) is 82.8 Å². The van der Waals surface area contributed by atoms with E-state index >= 15 is 0 Å². The van der Waals surface area contributed by atoms with E-state index in [1.807, 2.05) is 31.2 Å². The van der Waals surface area contributed by atoms with Crippen molar-refractivity contribution in [3.05, 3.63) is 35.6 Å². The zero-order valence-corrected chi connectivity index (χ0v) is 14.9. The summed E-state index contributed by atoms with van der Waals surface area (Å²) in [5, 5.41) is 13.1. The number of carbonyl (C=O) groups is 2. The van der Waals surface area contributed by atoms with Crippen LogP contribution in [0.25, 0.3) is 11.0 Å². The lowest BCUT2D eigenvalue weighted by atomic mass is 9.85. The maximum absolute atomic E-state index is 12.6. The first-order chi connectivity index (χ1) is 12.5. The molecule has 0 saturated heterocycles. The second-order valence-corrected chi connectivity index (χ2v) is 7.61. The molecule has 1 heterocycles. The van der Waals surface area contributed by atoms with Crippen LogP contribution in [0.1, 0.15) is 41.8 Å². The van der Waals surface area contributed by atoms with Gasteiger partial charge in [-0.1, -0.05) is 18.2 Å². The van der Waals surface area contributed by atoms with E-state index in [1.54, 1.807) is 0 Å². The number of furan rings is 1. The van der Waals surface area contributed by atoms with E-state index in [9.17, 15) is 9.59 Å². The maximum atomic E-state index is 12.6. The fourth-order valence-corrected chi connectivity index (χ4v) is 3.79. The number of hydrogen-bond acceptors (Lipinski definition) is 4. The Morgan fingerprint density at radius 3 is 2.65 bits per heavy atom. The third-order valence-electron chi connectivity index (χ3n) is 5.54. The molecule has 26 heavy (non-hydrogen) atoms. The van der Waals surface area contributed by atoms with E-state index in [1.165, 1.54) is 12.8 Å². The van der Waals surface area contributed by atoms with Gasteiger partial charge in [0.1, 0.15) is 5.58 Å². The molecule has 0 radical (unpaired) electrons. The molecule has 2 aliphatic rings. The summed E-state index contributed by atoms with van der Waals surface area (Å²) in [4.78, 5) is 25.7. The van der Waals surface area contributed by atoms with Crippen LogP contribution < -0.4 is 5.32 Å². The van der Waals surface area contributed by atoms with Crippen LogP contribution in [0.5, 0.6) is 0 Å². The predicted octanol–water partition coefficient (Wildman–Crippen LogP) is 2.80. The Morgan fingerprint density at radius 1 is 1.27 bits per heavy atom. The lowest BCUT2D eigenvalue weighted by molar-refractivity contribution is -0.139. The summed E-state index contributed by atoms with van der Waals surface area (Å²) in [6, 6.07) is 7.95. The van der Waals surface area contributed by atoms with Gasteiger partial charge in [0.2, 0.25) is 0 Å². The van der Waals surface area contributed by atoms with Gasteiger partial charge in [-0.3, -0.25) is 14.5 Å². The van der Waals surface area contributed by atoms with Crippen LogP contribution in [0.15, 0.2) is 28.7 Å². The molecule has 1 aromatic heterocycles. The molecular weight excluding hydrogens is 332 g/mol. The number of para-hydroxylation sites is 1. The second kappa shape index (κ2) is 6.76. The Labute approximate surface area is 152 Å². The van der Waals surface area contributed by atoms with Crippen LogP contribution in [-0.2, 0) is 4.79 Å². The molecule has 138 valence electrons. The van der Waals surface area contributed by atoms with E-state index in [4.69, 9.17) is 9.52 Å². The van der Waals surface area contributed by atoms with Crippen LogP contribution >= 0.6 is 0 Å². The molecule has 0 spiro atoms. The number of nitrogens with one attached hydrogen (secondary N) is 1. The molecular formula is C20H24N2O4. The highest BCUT2D eigenvalue weighted by atomic mass is 16.4. The second-order valence-electron chi connectivity index (χ2n) is 7.61. The van der Waals surface area contributed by atoms with Gasteiger partial charge in [0, 0.05) is 29.6 Å². The van der Waals surface area contributed by atoms with Crippen molar-refractivity contribution in [2.45, 2.75) is 44.7 Å². The molecule has 0 atom stereocenters. The minimum Gasteiger partial charge on any atom is -0.480 e. The van der Waals surface area contributed by atoms with E-state index < -0.39 is 5.97 Å². The highest BCUT2D eigenvalue weighted by molar-refractivity contribution is 5.99. The first-order valence-corrected chi connectivity index (χ1v) is 9.26. The lowest BCUT2D eigenvalue weighted by Crippen LogP contribution is -2.55. The van der Waals surface area contributed by atoms with Crippen molar-refractivity contribution < 1.29 is 19.1 Å². The third kappa shape index (κ3) is 3.46. The van der Waals surface area contributed by atoms with E-state index in [2.05, 4.69) is 10.2 Å². The Morgan fingerprint density at radius 2 is 2.00 bits per heavy atom. The van der Waals surface area contributed by atoms with Crippen molar-refractivity contribution in [2.24, 2.45) is 5.92 Å². The average Bonchev–Trinajstić information content (AvgIpc) is 3.32. The van der Waals surface area contributed by atoms with Gasteiger partial charge in [-0.05, 0) is 44.6 Å². The van der Waals surface area contributed by atoms with Crippen LogP contribution in [0.4, 0.5) is 0 Å². The highest BCUT2D eigenvalue weighted by Crippen LogP contribution is 2.34. The van der Waals surface area contributed by atoms with Crippen LogP contribution in [0.3, 0.4) is 0 Å². The standard InChI is InChI=1S/C20H24N2O4/c1-12-16-4-2-3-5-17(16)26-19(12)20(25)21-14-8-15(9-14)22(11-18(23)24)10-13-6-7-13/h2-5,13-15H,6-11H2,1H3,(H,21,25)(H,23,24). The quantitative estimate of drug-likeness (QED) is 0.797. The van der Waals surface area contributed by atoms with Crippen molar-refractivity contribution in [3.63, 3.8) is 0 Å². The first-order valence-electron chi connectivity index (χ1n) is 9.26. The number of fused-ring (bicyclic) bond motifs is 1. The van der Waals surface area contributed by atoms with Gasteiger partial charge in [-0.25, -0.2) is 0 Å². The van der Waals surface area contributed by atoms with Gasteiger partial charge in [0.25, 0.3) is 5.91 Å². The molecule has 2 aromatic rings. The molecule has 2 saturated carbocycles. The van der Waals surface area contributed by atoms with Gasteiger partial charge in [-0.2, -0.15) is 0 Å². The summed E-state index contributed by atoms with van der Waals surface area (Å²) in [5.41, 5.74) is 1.58. The zero-order chi connectivity index (χ0) is 18.3. The summed E-state index contributed by atoms with van der Waals surface area (Å²) in [7, 11) is 0. The lowest BCUT2D eigenvalue weighted by Gasteiger charge is -2.42. The number of hydrogen-bond donors (Lipinski definition) is 2. The highest BCUT2D eigenvalue weighted by Gasteiger charge is 2.38. The van der Waals surface area contributed by atoms with Gasteiger partial charge in [0.05, 0.1) is 6.54 Å². The smallest absolute Gasteiger partial charge is 0.317 e. The van der Waals surface area contributed by atoms with Gasteiger partial charge < -0.3 is 14.8 Å². The Bertz CT molecular complexity index is 833. The van der Waals surface area contributed by atoms with Crippen LogP contribution in [0.2, 0.25) is 0 Å². The molecule has 2 N–H and O–H groups in total. The molecule has 1 amide bonds. The molecule has 6 heteroatoms. The molecule has 4 rings (SSSR count). The van der Waals surface area contributed by atoms with Gasteiger partial charge in [0.15, 0.2) is 5.76 Å². The van der Waals surface area contributed by atoms with Crippen molar-refractivity contribution in [2.75, 3.05) is 13.1 Å². The first kappa shape index (κ1) is 17.1. The Balaban J connectivity index is 1.35. The van der Waals surface area contributed by atoms with E-state index in [-0.39, 0.29) is 24.5 Å². The van der Waals surface area contributed by atoms with E-state index in [0.29, 0.717) is 11.7 Å². The number of carbonyl (C=O) groups excluding carboxylic acids is 1. The number of carboxylic acids is 1. The number of amides is 1. The summed E-state index contributed by atoms with van der Waals surface area (Å²) in [6.07, 6.45) is 4.00. The fourth-order valence-electron chi connectivity index (χ4n) is 3.79. The summed E-state index contributed by atoms with van der Waals surface area (Å²) >= 11 is 0. The largest absolute Gasteiger partial charge is 0.480 e. The average molecular weight is 356 g/mol. The number of aryl methyl sites for hydroxylation is 1. The van der Waals surface area contributed by atoms with E-state index in [0.717, 1.165) is 35.9 Å². The van der Waals surface area contributed by atoms with Crippen LogP contribution in [0, 0.1) is 12.8 Å². The summed E-state index contributed by atoms with van der Waals surface area (Å²) in [5.74, 6) is 0.0568. The number of benzene rings is 1. The number of rotatable bonds is 7. The molecule has 0 aliphatic heterocycles. The molecule has 0 unspecified atom stereocenters. The minimum atomic E-state index is -0.781. The van der Waals surface area contributed by atoms with Crippen LogP contribution in [-0.4, -0.2) is 47.1 Å². The summed E-state index contributed by atoms with van der Waals surface area (Å²) in [6.45, 7) is 2.85. The normalized spacial score (nSPS) is 22.4. The van der Waals surface area contributed by atoms with Crippen molar-refractivity contribution in [1.29, 1.82) is 0 Å². The third-order valence-corrected chi connectivity index (χ3v) is 5.54. The van der Waals surface area contributed by atoms with Gasteiger partial charge >= 0.3 is 5.97 Å². The molecule has 6 nitrogen and oxygen atoms in total. The molecule has 0 bridgehead atoms. The SMILES string of the molecule is Cc1c(C(=O)NC2CC(N(CC(=O)O)CC3CC3)C2)oc2ccccc12. The fraction of sp³-hybridized carbons (Fsp3) is 0.500. The van der Waals surface area contributed by atoms with Gasteiger partial charge in [-0.15, -0.1) is 0 Å². The Kier molecular flexibility index (Phi) is 4.44. The number of aliphatic carboxylic acids is 1. The number of nitrogens with zero attached hydrogens (tertiary/aromatic N) is 1. The van der Waals surface area contributed by atoms with Crippen molar-refractivity contribution in [3.8, 4) is 0 Å². The Hall–Kier alpha value is -2.34. The summed E-state index contributed by atoms with van der Waals surface area (Å²) < 4.78 is 5.72. The monoisotopic (exact) mass is 356 g/mol. The minimum absolute atomic E-state index is 0.0793. The molecule has 2 fully saturated rings. The molecule has 2 aliphatic carbocycles. The predicted molar refractivity (Wildman–Crippen MR) is 97.2 cm³/mol. The molecule has 1 aromatic carbocycles.